The molecule has 5 N–H and O–H groups in total. The van der Waals surface area contributed by atoms with Gasteiger partial charge in [0.15, 0.2) is 5.82 Å². The third-order valence-electron chi connectivity index (χ3n) is 7.79. The molecule has 0 aliphatic carbocycles. The molecule has 43 heavy (non-hydrogen) atoms. The first-order chi connectivity index (χ1) is 20.9. The van der Waals surface area contributed by atoms with E-state index in [2.05, 4.69) is 53.4 Å². The summed E-state index contributed by atoms with van der Waals surface area (Å²) >= 11 is 2.25. The van der Waals surface area contributed by atoms with E-state index in [0.29, 0.717) is 40.5 Å². The Hall–Kier alpha value is -4.36. The number of aromatic nitrogens is 5. The van der Waals surface area contributed by atoms with Gasteiger partial charge in [0.1, 0.15) is 17.3 Å². The Morgan fingerprint density at radius 1 is 1.05 bits per heavy atom. The number of piperidine rings is 1. The molecule has 0 spiro atoms. The topological polar surface area (TPSA) is 132 Å². The summed E-state index contributed by atoms with van der Waals surface area (Å²) in [7, 11) is 0. The molecule has 4 heterocycles. The van der Waals surface area contributed by atoms with Crippen molar-refractivity contribution < 1.29 is 14.3 Å². The highest BCUT2D eigenvalue weighted by Crippen LogP contribution is 2.34. The minimum Gasteiger partial charge on any atom is -0.508 e. The van der Waals surface area contributed by atoms with Crippen LogP contribution in [0.5, 0.6) is 5.75 Å². The van der Waals surface area contributed by atoms with Crippen LogP contribution in [0.2, 0.25) is 0 Å². The number of pyridine rings is 1. The number of benzene rings is 3. The molecule has 0 bridgehead atoms. The lowest BCUT2D eigenvalue weighted by Gasteiger charge is -2.22. The number of amides is 1. The van der Waals surface area contributed by atoms with Gasteiger partial charge in [0.25, 0.3) is 0 Å². The van der Waals surface area contributed by atoms with Crippen LogP contribution in [0.15, 0.2) is 66.9 Å². The van der Waals surface area contributed by atoms with E-state index in [4.69, 9.17) is 4.98 Å². The van der Waals surface area contributed by atoms with Crippen molar-refractivity contribution in [3.05, 3.63) is 76.2 Å². The van der Waals surface area contributed by atoms with E-state index in [1.165, 1.54) is 12.1 Å². The summed E-state index contributed by atoms with van der Waals surface area (Å²) in [5.74, 6) is 0.294. The summed E-state index contributed by atoms with van der Waals surface area (Å²) in [6, 6.07) is 17.4. The first-order valence-corrected chi connectivity index (χ1v) is 15.1. The molecule has 3 aromatic carbocycles. The van der Waals surface area contributed by atoms with Gasteiger partial charge >= 0.3 is 0 Å². The van der Waals surface area contributed by atoms with Crippen molar-refractivity contribution in [3.8, 4) is 39.7 Å². The van der Waals surface area contributed by atoms with E-state index in [1.807, 2.05) is 42.5 Å². The second-order valence-corrected chi connectivity index (χ2v) is 12.1. The maximum absolute atomic E-state index is 14.1. The summed E-state index contributed by atoms with van der Waals surface area (Å²) in [4.78, 5) is 25.6. The van der Waals surface area contributed by atoms with Crippen LogP contribution < -0.4 is 10.6 Å². The first kappa shape index (κ1) is 27.5. The Morgan fingerprint density at radius 2 is 1.91 bits per heavy atom. The molecule has 1 aliphatic rings. The quantitative estimate of drug-likeness (QED) is 0.125. The number of anilines is 1. The number of nitrogens with one attached hydrogen (secondary N) is 4. The molecule has 7 rings (SSSR count). The number of para-hydroxylation sites is 1. The van der Waals surface area contributed by atoms with Gasteiger partial charge in [-0.25, -0.2) is 9.37 Å². The van der Waals surface area contributed by atoms with Gasteiger partial charge in [-0.1, -0.05) is 12.1 Å². The lowest BCUT2D eigenvalue weighted by molar-refractivity contribution is -0.117. The van der Waals surface area contributed by atoms with Crippen molar-refractivity contribution in [1.82, 2.24) is 30.5 Å². The fourth-order valence-electron chi connectivity index (χ4n) is 5.73. The maximum Gasteiger partial charge on any atom is 0.224 e. The number of hydrogen-bond donors (Lipinski definition) is 5. The number of aromatic hydroxyl groups is 1. The number of H-pyrrole nitrogens is 2. The molecule has 3 aromatic heterocycles. The fourth-order valence-corrected chi connectivity index (χ4v) is 6.40. The van der Waals surface area contributed by atoms with Gasteiger partial charge in [0.05, 0.1) is 28.4 Å². The smallest absolute Gasteiger partial charge is 0.224 e. The van der Waals surface area contributed by atoms with E-state index in [-0.39, 0.29) is 11.7 Å². The Balaban J connectivity index is 1.22. The van der Waals surface area contributed by atoms with Crippen LogP contribution in [-0.2, 0) is 4.79 Å². The molecule has 0 saturated carbocycles. The zero-order chi connectivity index (χ0) is 29.5. The van der Waals surface area contributed by atoms with Crippen LogP contribution >= 0.6 is 22.6 Å². The average Bonchev–Trinajstić information content (AvgIpc) is 3.60. The number of nitrogens with zero attached hydrogens (tertiary/aromatic N) is 3. The van der Waals surface area contributed by atoms with Gasteiger partial charge in [0, 0.05) is 38.3 Å². The van der Waals surface area contributed by atoms with E-state index in [0.717, 1.165) is 68.9 Å². The monoisotopic (exact) mass is 687 g/mol. The molecule has 9 nitrogen and oxygen atoms in total. The molecule has 1 saturated heterocycles. The Kier molecular flexibility index (Phi) is 7.27. The van der Waals surface area contributed by atoms with Crippen molar-refractivity contribution in [2.24, 2.45) is 5.92 Å². The predicted molar refractivity (Wildman–Crippen MR) is 173 cm³/mol. The largest absolute Gasteiger partial charge is 0.508 e. The maximum atomic E-state index is 14.1. The van der Waals surface area contributed by atoms with Crippen molar-refractivity contribution in [2.75, 3.05) is 18.4 Å². The third kappa shape index (κ3) is 5.69. The van der Waals surface area contributed by atoms with Crippen molar-refractivity contribution in [3.63, 3.8) is 0 Å². The first-order valence-electron chi connectivity index (χ1n) is 14.0. The van der Waals surface area contributed by atoms with Crippen LogP contribution in [0.4, 0.5) is 10.1 Å². The highest BCUT2D eigenvalue weighted by atomic mass is 127. The van der Waals surface area contributed by atoms with E-state index in [9.17, 15) is 14.3 Å². The molecule has 1 fully saturated rings. The fraction of sp³-hybridized carbons (Fsp3) is 0.188. The van der Waals surface area contributed by atoms with Gasteiger partial charge in [-0.2, -0.15) is 5.10 Å². The number of phenolic OH excluding ortho intramolecular Hbond substituents is 1. The van der Waals surface area contributed by atoms with Gasteiger partial charge in [-0.15, -0.1) is 0 Å². The van der Waals surface area contributed by atoms with Crippen LogP contribution in [0.3, 0.4) is 0 Å². The number of carbonyl (C=O) groups excluding carboxylic acids is 1. The lowest BCUT2D eigenvalue weighted by atomic mass is 9.94. The van der Waals surface area contributed by atoms with Gasteiger partial charge in [0.2, 0.25) is 5.91 Å². The minimum atomic E-state index is -0.527. The zero-order valence-electron chi connectivity index (χ0n) is 22.9. The molecule has 0 radical (unpaired) electrons. The Morgan fingerprint density at radius 3 is 2.74 bits per heavy atom. The summed E-state index contributed by atoms with van der Waals surface area (Å²) in [6.07, 6.45) is 4.29. The molecule has 1 amide bonds. The molecule has 1 aliphatic heterocycles. The number of carbonyl (C=O) groups is 1. The second kappa shape index (κ2) is 11.4. The normalized spacial score (nSPS) is 14.0. The second-order valence-electron chi connectivity index (χ2n) is 10.8. The van der Waals surface area contributed by atoms with Gasteiger partial charge in [-0.05, 0) is 102 Å². The van der Waals surface area contributed by atoms with Crippen molar-refractivity contribution >= 4 is 56.1 Å². The van der Waals surface area contributed by atoms with Crippen LogP contribution in [0.25, 0.3) is 55.8 Å². The molecule has 216 valence electrons. The number of phenols is 1. The molecular weight excluding hydrogens is 660 g/mol. The number of aromatic amines is 2. The molecule has 0 atom stereocenters. The molecule has 11 heteroatoms. The molecular formula is C32H27FIN7O2. The number of imidazole rings is 1. The molecule has 0 unspecified atom stereocenters. The van der Waals surface area contributed by atoms with Crippen LogP contribution in [-0.4, -0.2) is 49.3 Å². The summed E-state index contributed by atoms with van der Waals surface area (Å²) in [5.41, 5.74) is 6.30. The average molecular weight is 688 g/mol. The van der Waals surface area contributed by atoms with Crippen molar-refractivity contribution in [1.29, 1.82) is 0 Å². The SMILES string of the molecule is O=C(CC1CCNCC1)Nc1cc(I)cc(-c2cc3c(-c4nc5c(-c6cc(O)cc(F)c6)cccc5[nH]4)n[nH]c3cn2)c1. The van der Waals surface area contributed by atoms with E-state index in [1.54, 1.807) is 6.20 Å². The van der Waals surface area contributed by atoms with E-state index >= 15 is 0 Å². The highest BCUT2D eigenvalue weighted by molar-refractivity contribution is 14.1. The Bertz CT molecular complexity index is 1980. The Labute approximate surface area is 259 Å². The summed E-state index contributed by atoms with van der Waals surface area (Å²) < 4.78 is 15.1. The van der Waals surface area contributed by atoms with Gasteiger partial charge in [-0.3, -0.25) is 14.9 Å². The number of fused-ring (bicyclic) bond motifs is 2. The number of rotatable bonds is 6. The molecule has 6 aromatic rings. The van der Waals surface area contributed by atoms with Crippen LogP contribution in [0, 0.1) is 15.3 Å². The standard InChI is InChI=1S/C32H27FIN7O2/c33-20-9-18(12-23(42)13-20)24-2-1-3-26-30(24)39-32(38-26)31-25-15-27(36-16-28(25)40-41-31)19-10-21(34)14-22(11-19)37-29(43)8-17-4-6-35-7-5-17/h1-3,9-17,35,42H,4-8H2,(H,37,43)(H,38,39)(H,40,41). The number of halogens is 2. The third-order valence-corrected chi connectivity index (χ3v) is 8.41. The predicted octanol–water partition coefficient (Wildman–Crippen LogP) is 6.61. The summed E-state index contributed by atoms with van der Waals surface area (Å²) in [5, 5.41) is 24.8. The zero-order valence-corrected chi connectivity index (χ0v) is 25.1. The minimum absolute atomic E-state index is 0.0260. The van der Waals surface area contributed by atoms with Crippen molar-refractivity contribution in [2.45, 2.75) is 19.3 Å². The van der Waals surface area contributed by atoms with Crippen LogP contribution in [0.1, 0.15) is 19.3 Å². The number of hydrogen-bond acceptors (Lipinski definition) is 6. The lowest BCUT2D eigenvalue weighted by Crippen LogP contribution is -2.30. The highest BCUT2D eigenvalue weighted by Gasteiger charge is 2.19. The summed E-state index contributed by atoms with van der Waals surface area (Å²) in [6.45, 7) is 1.92. The van der Waals surface area contributed by atoms with E-state index < -0.39 is 5.82 Å². The van der Waals surface area contributed by atoms with Gasteiger partial charge < -0.3 is 20.7 Å².